The van der Waals surface area contributed by atoms with Crippen molar-refractivity contribution in [2.45, 2.75) is 37.6 Å². The lowest BCUT2D eigenvalue weighted by Gasteiger charge is -2.34. The van der Waals surface area contributed by atoms with E-state index in [4.69, 9.17) is 0 Å². The summed E-state index contributed by atoms with van der Waals surface area (Å²) in [6.07, 6.45) is 8.45. The molecule has 0 unspecified atom stereocenters. The van der Waals surface area contributed by atoms with Crippen LogP contribution in [0.15, 0.2) is 55.0 Å². The van der Waals surface area contributed by atoms with E-state index in [1.807, 2.05) is 10.8 Å². The molecule has 2 fully saturated rings. The second kappa shape index (κ2) is 6.74. The van der Waals surface area contributed by atoms with E-state index in [9.17, 15) is 12.8 Å². The lowest BCUT2D eigenvalue weighted by atomic mass is 9.78. The summed E-state index contributed by atoms with van der Waals surface area (Å²) in [6.45, 7) is 0. The first-order chi connectivity index (χ1) is 14.9. The number of nitrogens with one attached hydrogen (secondary N) is 1. The van der Waals surface area contributed by atoms with E-state index in [1.165, 1.54) is 23.3 Å². The normalized spacial score (nSPS) is 28.5. The maximum atomic E-state index is 13.2. The molecule has 160 valence electrons. The molecule has 2 aliphatic carbocycles. The highest BCUT2D eigenvalue weighted by Gasteiger charge is 2.56. The molecule has 2 heterocycles. The van der Waals surface area contributed by atoms with Gasteiger partial charge in [0.15, 0.2) is 0 Å². The number of fused-ring (bicyclic) bond motifs is 1. The molecule has 1 aromatic heterocycles. The predicted molar refractivity (Wildman–Crippen MR) is 117 cm³/mol. The maximum absolute atomic E-state index is 13.2. The van der Waals surface area contributed by atoms with E-state index in [-0.39, 0.29) is 17.1 Å². The van der Waals surface area contributed by atoms with Gasteiger partial charge >= 0.3 is 0 Å². The Balaban J connectivity index is 1.32. The van der Waals surface area contributed by atoms with Crippen LogP contribution in [-0.2, 0) is 22.9 Å². The van der Waals surface area contributed by atoms with Crippen molar-refractivity contribution in [1.82, 2.24) is 14.3 Å². The summed E-state index contributed by atoms with van der Waals surface area (Å²) < 4.78 is 42.7. The van der Waals surface area contributed by atoms with Gasteiger partial charge in [-0.3, -0.25) is 0 Å². The van der Waals surface area contributed by atoms with E-state index in [0.717, 1.165) is 49.0 Å². The average molecular weight is 438 g/mol. The van der Waals surface area contributed by atoms with Crippen LogP contribution in [0.4, 0.5) is 4.39 Å². The zero-order chi connectivity index (χ0) is 21.2. The van der Waals surface area contributed by atoms with Gasteiger partial charge in [0.2, 0.25) is 10.0 Å². The number of benzene rings is 2. The number of hydrogen-bond acceptors (Lipinski definition) is 3. The molecule has 1 saturated heterocycles. The van der Waals surface area contributed by atoms with Crippen LogP contribution in [0.2, 0.25) is 0 Å². The minimum absolute atomic E-state index is 0.252. The Morgan fingerprint density at radius 1 is 1.03 bits per heavy atom. The Morgan fingerprint density at radius 3 is 2.48 bits per heavy atom. The Hall–Kier alpha value is -2.51. The fourth-order valence-electron chi connectivity index (χ4n) is 6.02. The second-order valence-electron chi connectivity index (χ2n) is 9.22. The molecule has 3 aliphatic rings. The van der Waals surface area contributed by atoms with Gasteiger partial charge in [-0.25, -0.2) is 22.5 Å². The highest BCUT2D eigenvalue weighted by atomic mass is 32.2. The van der Waals surface area contributed by atoms with Crippen LogP contribution in [0.5, 0.6) is 0 Å². The van der Waals surface area contributed by atoms with Gasteiger partial charge in [-0.2, -0.15) is 0 Å². The third-order valence-electron chi connectivity index (χ3n) is 7.59. The van der Waals surface area contributed by atoms with Gasteiger partial charge in [-0.15, -0.1) is 0 Å². The standard InChI is InChI=1S/C24H24FN3O2S/c25-21-5-7-22(8-6-21)28-14-23(26-15-28)17-2-1-16-12-19-3-4-20(13-18(16)11-17)24(19)9-10-31(29,30)27-24/h1-2,5-8,11,14-15,19-20,27H,3-4,9-10,12-13H2/t19-,20+,24+/m0/s1. The van der Waals surface area contributed by atoms with Gasteiger partial charge in [-0.1, -0.05) is 12.1 Å². The predicted octanol–water partition coefficient (Wildman–Crippen LogP) is 3.87. The Bertz CT molecular complexity index is 1270. The summed E-state index contributed by atoms with van der Waals surface area (Å²) in [4.78, 5) is 4.57. The molecule has 1 saturated carbocycles. The first kappa shape index (κ1) is 19.2. The molecule has 2 bridgehead atoms. The third-order valence-corrected chi connectivity index (χ3v) is 9.03. The first-order valence-corrected chi connectivity index (χ1v) is 12.5. The minimum atomic E-state index is -3.15. The van der Waals surface area contributed by atoms with E-state index in [1.54, 1.807) is 18.5 Å². The Labute approximate surface area is 181 Å². The molecule has 3 atom stereocenters. The van der Waals surface area contributed by atoms with Crippen molar-refractivity contribution in [3.8, 4) is 16.9 Å². The van der Waals surface area contributed by atoms with E-state index in [0.29, 0.717) is 11.8 Å². The molecular weight excluding hydrogens is 413 g/mol. The summed E-state index contributed by atoms with van der Waals surface area (Å²) >= 11 is 0. The van der Waals surface area contributed by atoms with Crippen molar-refractivity contribution in [2.75, 3.05) is 5.75 Å². The van der Waals surface area contributed by atoms with Gasteiger partial charge in [0.05, 0.1) is 17.8 Å². The summed E-state index contributed by atoms with van der Waals surface area (Å²) in [6, 6.07) is 12.9. The van der Waals surface area contributed by atoms with Crippen molar-refractivity contribution in [2.24, 2.45) is 11.8 Å². The highest BCUT2D eigenvalue weighted by Crippen LogP contribution is 2.51. The van der Waals surface area contributed by atoms with Gasteiger partial charge < -0.3 is 4.57 Å². The molecule has 1 aliphatic heterocycles. The SMILES string of the molecule is O=S1(=O)CC[C@]2(N1)[C@@H]1CC[C@H]2Cc2ccc(-c3cn(-c4ccc(F)cc4)cn3)cc2C1. The van der Waals surface area contributed by atoms with Crippen LogP contribution in [-0.4, -0.2) is 29.3 Å². The van der Waals surface area contributed by atoms with Crippen molar-refractivity contribution in [1.29, 1.82) is 0 Å². The highest BCUT2D eigenvalue weighted by molar-refractivity contribution is 7.89. The molecule has 1 spiro atoms. The fourth-order valence-corrected chi connectivity index (χ4v) is 7.74. The summed E-state index contributed by atoms with van der Waals surface area (Å²) in [5, 5.41) is 0. The number of sulfonamides is 1. The van der Waals surface area contributed by atoms with Crippen LogP contribution in [0.25, 0.3) is 16.9 Å². The number of nitrogens with zero attached hydrogens (tertiary/aromatic N) is 2. The van der Waals surface area contributed by atoms with Crippen molar-refractivity contribution >= 4 is 10.0 Å². The lowest BCUT2D eigenvalue weighted by molar-refractivity contribution is 0.232. The molecule has 5 nitrogen and oxygen atoms in total. The smallest absolute Gasteiger partial charge is 0.212 e. The number of aromatic nitrogens is 2. The lowest BCUT2D eigenvalue weighted by Crippen LogP contribution is -2.50. The third kappa shape index (κ3) is 3.13. The average Bonchev–Trinajstić information content (AvgIpc) is 3.40. The monoisotopic (exact) mass is 437 g/mol. The Morgan fingerprint density at radius 2 is 1.77 bits per heavy atom. The summed E-state index contributed by atoms with van der Waals surface area (Å²) in [5.74, 6) is 0.719. The van der Waals surface area contributed by atoms with E-state index >= 15 is 0 Å². The molecular formula is C24H24FN3O2S. The topological polar surface area (TPSA) is 64.0 Å². The van der Waals surface area contributed by atoms with Gasteiger partial charge in [0, 0.05) is 23.0 Å². The first-order valence-electron chi connectivity index (χ1n) is 10.9. The van der Waals surface area contributed by atoms with Crippen LogP contribution in [0.1, 0.15) is 30.4 Å². The van der Waals surface area contributed by atoms with E-state index in [2.05, 4.69) is 27.9 Å². The van der Waals surface area contributed by atoms with Crippen LogP contribution in [0.3, 0.4) is 0 Å². The van der Waals surface area contributed by atoms with Crippen molar-refractivity contribution in [3.63, 3.8) is 0 Å². The molecule has 0 amide bonds. The molecule has 1 N–H and O–H groups in total. The van der Waals surface area contributed by atoms with Gasteiger partial charge in [0.25, 0.3) is 0 Å². The minimum Gasteiger partial charge on any atom is -0.306 e. The zero-order valence-corrected chi connectivity index (χ0v) is 17.9. The second-order valence-corrected chi connectivity index (χ2v) is 11.1. The molecule has 31 heavy (non-hydrogen) atoms. The molecule has 2 aromatic carbocycles. The van der Waals surface area contributed by atoms with Crippen LogP contribution < -0.4 is 4.72 Å². The molecule has 3 aromatic rings. The van der Waals surface area contributed by atoms with Crippen molar-refractivity contribution < 1.29 is 12.8 Å². The number of rotatable bonds is 2. The Kier molecular flexibility index (Phi) is 4.17. The summed E-state index contributed by atoms with van der Waals surface area (Å²) in [5.41, 5.74) is 5.17. The number of halogens is 1. The molecule has 0 radical (unpaired) electrons. The fraction of sp³-hybridized carbons (Fsp3) is 0.375. The van der Waals surface area contributed by atoms with Gasteiger partial charge in [-0.05, 0) is 85.4 Å². The summed E-state index contributed by atoms with van der Waals surface area (Å²) in [7, 11) is -3.15. The van der Waals surface area contributed by atoms with Crippen molar-refractivity contribution in [3.05, 3.63) is 71.9 Å². The quantitative estimate of drug-likeness (QED) is 0.662. The van der Waals surface area contributed by atoms with Crippen LogP contribution in [0, 0.1) is 17.7 Å². The zero-order valence-electron chi connectivity index (χ0n) is 17.1. The van der Waals surface area contributed by atoms with Crippen LogP contribution >= 0.6 is 0 Å². The molecule has 6 rings (SSSR count). The molecule has 7 heteroatoms. The largest absolute Gasteiger partial charge is 0.306 e. The van der Waals surface area contributed by atoms with Gasteiger partial charge in [0.1, 0.15) is 5.82 Å². The number of hydrogen-bond donors (Lipinski definition) is 1. The number of imidazole rings is 1. The van der Waals surface area contributed by atoms with E-state index < -0.39 is 10.0 Å². The maximum Gasteiger partial charge on any atom is 0.212 e.